The third kappa shape index (κ3) is 4.48. The number of carbonyl (C=O) groups excluding carboxylic acids is 1. The highest BCUT2D eigenvalue weighted by molar-refractivity contribution is 5.84. The first-order valence-electron chi connectivity index (χ1n) is 10.5. The van der Waals surface area contributed by atoms with Gasteiger partial charge in [-0.1, -0.05) is 49.4 Å². The molecular formula is C25H25NO5. The number of rotatable bonds is 6. The van der Waals surface area contributed by atoms with Gasteiger partial charge in [-0.05, 0) is 42.5 Å². The molecule has 160 valence electrons. The van der Waals surface area contributed by atoms with E-state index in [1.54, 1.807) is 18.2 Å². The first kappa shape index (κ1) is 20.7. The van der Waals surface area contributed by atoms with Crippen LogP contribution in [0.25, 0.3) is 0 Å². The third-order valence-electron chi connectivity index (χ3n) is 5.65. The van der Waals surface area contributed by atoms with Gasteiger partial charge < -0.3 is 14.3 Å². The van der Waals surface area contributed by atoms with Gasteiger partial charge in [0.2, 0.25) is 0 Å². The van der Waals surface area contributed by atoms with Gasteiger partial charge in [0.05, 0.1) is 5.56 Å². The number of carbonyl (C=O) groups is 1. The molecule has 3 aromatic rings. The number of ether oxygens (including phenoxy) is 1. The predicted octanol–water partition coefficient (Wildman–Crippen LogP) is 5.12. The molecule has 0 spiro atoms. The van der Waals surface area contributed by atoms with E-state index in [4.69, 9.17) is 9.15 Å². The Morgan fingerprint density at radius 3 is 2.74 bits per heavy atom. The summed E-state index contributed by atoms with van der Waals surface area (Å²) in [6.45, 7) is 2.12. The van der Waals surface area contributed by atoms with Crippen molar-refractivity contribution < 1.29 is 19.1 Å². The van der Waals surface area contributed by atoms with Crippen molar-refractivity contribution in [3.8, 4) is 5.75 Å². The summed E-state index contributed by atoms with van der Waals surface area (Å²) in [5.41, 5.74) is 2.80. The lowest BCUT2D eigenvalue weighted by molar-refractivity contribution is 0.155. The average molecular weight is 419 g/mol. The minimum Gasteiger partial charge on any atom is -0.507 e. The maximum Gasteiger partial charge on any atom is 0.411 e. The third-order valence-corrected chi connectivity index (χ3v) is 5.65. The van der Waals surface area contributed by atoms with Crippen molar-refractivity contribution in [3.63, 3.8) is 0 Å². The van der Waals surface area contributed by atoms with Crippen molar-refractivity contribution in [1.82, 2.24) is 0 Å². The van der Waals surface area contributed by atoms with Crippen molar-refractivity contribution in [2.75, 3.05) is 5.32 Å². The molecule has 6 nitrogen and oxygen atoms in total. The monoisotopic (exact) mass is 419 g/mol. The highest BCUT2D eigenvalue weighted by atomic mass is 16.5. The summed E-state index contributed by atoms with van der Waals surface area (Å²) in [6, 6.07) is 16.7. The molecule has 1 aliphatic carbocycles. The Balaban J connectivity index is 1.53. The van der Waals surface area contributed by atoms with E-state index in [0.29, 0.717) is 30.7 Å². The number of benzene rings is 2. The van der Waals surface area contributed by atoms with E-state index in [-0.39, 0.29) is 23.8 Å². The molecule has 6 heteroatoms. The predicted molar refractivity (Wildman–Crippen MR) is 117 cm³/mol. The van der Waals surface area contributed by atoms with Crippen LogP contribution < -0.4 is 10.9 Å². The molecule has 0 bridgehead atoms. The molecule has 2 aromatic carbocycles. The normalized spacial score (nSPS) is 13.5. The molecule has 1 unspecified atom stereocenters. The lowest BCUT2D eigenvalue weighted by Crippen LogP contribution is -2.16. The smallest absolute Gasteiger partial charge is 0.411 e. The number of anilines is 1. The molecule has 1 amide bonds. The van der Waals surface area contributed by atoms with E-state index < -0.39 is 11.7 Å². The van der Waals surface area contributed by atoms with Gasteiger partial charge in [0, 0.05) is 23.6 Å². The number of hydrogen-bond acceptors (Lipinski definition) is 5. The number of aryl methyl sites for hydroxylation is 1. The summed E-state index contributed by atoms with van der Waals surface area (Å²) in [5.74, 6) is 0.304. The molecule has 1 heterocycles. The van der Waals surface area contributed by atoms with Crippen molar-refractivity contribution in [3.05, 3.63) is 93.0 Å². The summed E-state index contributed by atoms with van der Waals surface area (Å²) < 4.78 is 10.8. The van der Waals surface area contributed by atoms with Gasteiger partial charge >= 0.3 is 11.7 Å². The van der Waals surface area contributed by atoms with Crippen LogP contribution in [0, 0.1) is 0 Å². The van der Waals surface area contributed by atoms with Crippen LogP contribution in [0.4, 0.5) is 10.5 Å². The summed E-state index contributed by atoms with van der Waals surface area (Å²) in [6.07, 6.45) is 2.30. The second-order valence-corrected chi connectivity index (χ2v) is 7.68. The van der Waals surface area contributed by atoms with Gasteiger partial charge in [0.1, 0.15) is 18.1 Å². The zero-order valence-corrected chi connectivity index (χ0v) is 17.4. The van der Waals surface area contributed by atoms with Crippen LogP contribution in [0.15, 0.2) is 63.8 Å². The lowest BCUT2D eigenvalue weighted by atomic mass is 9.88. The van der Waals surface area contributed by atoms with E-state index in [2.05, 4.69) is 5.32 Å². The minimum atomic E-state index is -0.561. The first-order valence-corrected chi connectivity index (χ1v) is 10.5. The maximum atomic E-state index is 12.6. The van der Waals surface area contributed by atoms with Crippen LogP contribution in [0.5, 0.6) is 5.75 Å². The Hall–Kier alpha value is -3.54. The van der Waals surface area contributed by atoms with Crippen molar-refractivity contribution >= 4 is 11.8 Å². The zero-order chi connectivity index (χ0) is 21.8. The quantitative estimate of drug-likeness (QED) is 0.579. The molecular weight excluding hydrogens is 394 g/mol. The SMILES string of the molecule is CCC(c1cccc(NC(=O)OCc2ccccc2)c1)c1c(O)c2c(oc1=O)CCC2. The number of hydrogen-bond donors (Lipinski definition) is 2. The van der Waals surface area contributed by atoms with Crippen molar-refractivity contribution in [2.24, 2.45) is 0 Å². The number of nitrogens with one attached hydrogen (secondary N) is 1. The molecule has 1 atom stereocenters. The van der Waals surface area contributed by atoms with Gasteiger partial charge in [0.25, 0.3) is 0 Å². The fourth-order valence-corrected chi connectivity index (χ4v) is 4.13. The van der Waals surface area contributed by atoms with Crippen LogP contribution in [0.1, 0.15) is 53.7 Å². The lowest BCUT2D eigenvalue weighted by Gasteiger charge is -2.18. The van der Waals surface area contributed by atoms with E-state index in [1.807, 2.05) is 43.3 Å². The summed E-state index contributed by atoms with van der Waals surface area (Å²) in [4.78, 5) is 24.8. The van der Waals surface area contributed by atoms with Gasteiger partial charge in [-0.3, -0.25) is 5.32 Å². The van der Waals surface area contributed by atoms with Crippen LogP contribution in [-0.4, -0.2) is 11.2 Å². The Labute approximate surface area is 180 Å². The highest BCUT2D eigenvalue weighted by Crippen LogP contribution is 2.38. The molecule has 2 N–H and O–H groups in total. The topological polar surface area (TPSA) is 88.8 Å². The van der Waals surface area contributed by atoms with Crippen LogP contribution >= 0.6 is 0 Å². The summed E-state index contributed by atoms with van der Waals surface area (Å²) in [7, 11) is 0. The summed E-state index contributed by atoms with van der Waals surface area (Å²) in [5, 5.41) is 13.5. The molecule has 0 saturated carbocycles. The van der Waals surface area contributed by atoms with Crippen LogP contribution in [0.2, 0.25) is 0 Å². The fourth-order valence-electron chi connectivity index (χ4n) is 4.13. The molecule has 0 radical (unpaired) electrons. The van der Waals surface area contributed by atoms with Gasteiger partial charge in [-0.2, -0.15) is 0 Å². The number of fused-ring (bicyclic) bond motifs is 1. The zero-order valence-electron chi connectivity index (χ0n) is 17.4. The van der Waals surface area contributed by atoms with E-state index in [9.17, 15) is 14.7 Å². The fraction of sp³-hybridized carbons (Fsp3) is 0.280. The highest BCUT2D eigenvalue weighted by Gasteiger charge is 2.28. The minimum absolute atomic E-state index is 0.0521. The molecule has 31 heavy (non-hydrogen) atoms. The Morgan fingerprint density at radius 2 is 1.97 bits per heavy atom. The Morgan fingerprint density at radius 1 is 1.16 bits per heavy atom. The first-order chi connectivity index (χ1) is 15.1. The van der Waals surface area contributed by atoms with E-state index in [0.717, 1.165) is 23.1 Å². The van der Waals surface area contributed by atoms with Crippen LogP contribution in [-0.2, 0) is 24.2 Å². The molecule has 0 aliphatic heterocycles. The van der Waals surface area contributed by atoms with Crippen molar-refractivity contribution in [1.29, 1.82) is 0 Å². The van der Waals surface area contributed by atoms with Gasteiger partial charge in [0.15, 0.2) is 0 Å². The largest absolute Gasteiger partial charge is 0.507 e. The second kappa shape index (κ2) is 9.08. The van der Waals surface area contributed by atoms with Gasteiger partial charge in [-0.15, -0.1) is 0 Å². The molecule has 0 saturated heterocycles. The van der Waals surface area contributed by atoms with Gasteiger partial charge in [-0.25, -0.2) is 9.59 Å². The maximum absolute atomic E-state index is 12.6. The summed E-state index contributed by atoms with van der Waals surface area (Å²) >= 11 is 0. The number of amides is 1. The van der Waals surface area contributed by atoms with E-state index in [1.165, 1.54) is 0 Å². The second-order valence-electron chi connectivity index (χ2n) is 7.68. The Kier molecular flexibility index (Phi) is 6.07. The van der Waals surface area contributed by atoms with E-state index >= 15 is 0 Å². The molecule has 4 rings (SSSR count). The van der Waals surface area contributed by atoms with Crippen molar-refractivity contribution in [2.45, 2.75) is 45.1 Å². The molecule has 0 fully saturated rings. The molecule has 1 aromatic heterocycles. The number of aromatic hydroxyl groups is 1. The Bertz CT molecular complexity index is 1140. The average Bonchev–Trinajstić information content (AvgIpc) is 3.25. The standard InChI is InChI=1S/C25H25NO5/c1-2-19(22-23(27)20-12-7-13-21(20)31-24(22)28)17-10-6-11-18(14-17)26-25(29)30-15-16-8-4-3-5-9-16/h3-6,8-11,14,19,27H,2,7,12-13,15H2,1H3,(H,26,29). The van der Waals surface area contributed by atoms with Crippen LogP contribution in [0.3, 0.4) is 0 Å². The molecule has 1 aliphatic rings.